The maximum atomic E-state index is 11.6. The Kier molecular flexibility index (Phi) is 2.76. The predicted octanol–water partition coefficient (Wildman–Crippen LogP) is 2.07. The monoisotopic (exact) mass is 195 g/mol. The van der Waals surface area contributed by atoms with Gasteiger partial charge in [-0.05, 0) is 30.8 Å². The van der Waals surface area contributed by atoms with Gasteiger partial charge < -0.3 is 5.32 Å². The van der Waals surface area contributed by atoms with Gasteiger partial charge >= 0.3 is 0 Å². The summed E-state index contributed by atoms with van der Waals surface area (Å²) in [5.74, 6) is 0.278. The summed E-state index contributed by atoms with van der Waals surface area (Å²) in [6, 6.07) is 2.33. The molecule has 1 fully saturated rings. The molecule has 2 heterocycles. The molecule has 1 aliphatic rings. The fourth-order valence-electron chi connectivity index (χ4n) is 1.70. The van der Waals surface area contributed by atoms with Crippen molar-refractivity contribution in [2.75, 3.05) is 6.54 Å². The topological polar surface area (TPSA) is 29.1 Å². The first-order chi connectivity index (χ1) is 6.36. The fraction of sp³-hybridized carbons (Fsp3) is 0.500. The van der Waals surface area contributed by atoms with Gasteiger partial charge in [0.25, 0.3) is 0 Å². The highest BCUT2D eigenvalue weighted by molar-refractivity contribution is 7.08. The van der Waals surface area contributed by atoms with E-state index in [4.69, 9.17) is 0 Å². The second-order valence-electron chi connectivity index (χ2n) is 3.43. The number of carbonyl (C=O) groups excluding carboxylic acids is 1. The number of Topliss-reactive ketones (excluding diaryl/α,β-unsaturated/α-hetero) is 1. The number of rotatable bonds is 3. The molecular formula is C10H13NOS. The smallest absolute Gasteiger partial charge is 0.165 e. The van der Waals surface area contributed by atoms with Crippen molar-refractivity contribution >= 4 is 17.1 Å². The van der Waals surface area contributed by atoms with Gasteiger partial charge in [0.05, 0.1) is 0 Å². The van der Waals surface area contributed by atoms with Gasteiger partial charge in [0, 0.05) is 23.4 Å². The Labute approximate surface area is 82.0 Å². The van der Waals surface area contributed by atoms with Crippen molar-refractivity contribution < 1.29 is 4.79 Å². The highest BCUT2D eigenvalue weighted by atomic mass is 32.1. The van der Waals surface area contributed by atoms with Gasteiger partial charge in [0.2, 0.25) is 0 Å². The quantitative estimate of drug-likeness (QED) is 0.748. The maximum absolute atomic E-state index is 11.6. The Balaban J connectivity index is 1.91. The molecule has 2 nitrogen and oxygen atoms in total. The summed E-state index contributed by atoms with van der Waals surface area (Å²) >= 11 is 1.58. The number of hydrogen-bond donors (Lipinski definition) is 1. The molecule has 0 amide bonds. The minimum atomic E-state index is 0.278. The third-order valence-electron chi connectivity index (χ3n) is 2.44. The molecule has 0 radical (unpaired) electrons. The van der Waals surface area contributed by atoms with Gasteiger partial charge in [-0.3, -0.25) is 4.79 Å². The van der Waals surface area contributed by atoms with Crippen molar-refractivity contribution in [1.29, 1.82) is 0 Å². The molecular weight excluding hydrogens is 182 g/mol. The molecule has 0 aromatic carbocycles. The van der Waals surface area contributed by atoms with Crippen molar-refractivity contribution in [3.63, 3.8) is 0 Å². The minimum Gasteiger partial charge on any atom is -0.314 e. The second-order valence-corrected chi connectivity index (χ2v) is 4.21. The molecule has 0 aliphatic carbocycles. The predicted molar refractivity (Wildman–Crippen MR) is 54.3 cm³/mol. The van der Waals surface area contributed by atoms with Crippen molar-refractivity contribution in [2.45, 2.75) is 25.3 Å². The van der Waals surface area contributed by atoms with Crippen LogP contribution in [0.3, 0.4) is 0 Å². The summed E-state index contributed by atoms with van der Waals surface area (Å²) in [6.07, 6.45) is 3.02. The van der Waals surface area contributed by atoms with Crippen LogP contribution in [-0.4, -0.2) is 18.4 Å². The molecule has 1 aromatic heterocycles. The summed E-state index contributed by atoms with van der Waals surface area (Å²) in [7, 11) is 0. The third kappa shape index (κ3) is 2.17. The summed E-state index contributed by atoms with van der Waals surface area (Å²) in [5.41, 5.74) is 0.874. The number of carbonyl (C=O) groups is 1. The van der Waals surface area contributed by atoms with Crippen LogP contribution >= 0.6 is 11.3 Å². The van der Waals surface area contributed by atoms with Crippen LogP contribution < -0.4 is 5.32 Å². The van der Waals surface area contributed by atoms with E-state index in [-0.39, 0.29) is 5.78 Å². The molecule has 1 N–H and O–H groups in total. The normalized spacial score (nSPS) is 22.0. The molecule has 1 atom stereocenters. The first kappa shape index (κ1) is 8.91. The van der Waals surface area contributed by atoms with E-state index in [1.165, 1.54) is 6.42 Å². The number of ketones is 1. The van der Waals surface area contributed by atoms with Gasteiger partial charge in [-0.25, -0.2) is 0 Å². The van der Waals surface area contributed by atoms with Crippen LogP contribution in [0.4, 0.5) is 0 Å². The average molecular weight is 195 g/mol. The zero-order valence-corrected chi connectivity index (χ0v) is 8.27. The lowest BCUT2D eigenvalue weighted by Crippen LogP contribution is -2.24. The Morgan fingerprint density at radius 3 is 3.23 bits per heavy atom. The number of thiophene rings is 1. The van der Waals surface area contributed by atoms with E-state index in [2.05, 4.69) is 5.32 Å². The van der Waals surface area contributed by atoms with E-state index in [1.807, 2.05) is 16.8 Å². The van der Waals surface area contributed by atoms with E-state index in [0.29, 0.717) is 12.5 Å². The largest absolute Gasteiger partial charge is 0.314 e. The summed E-state index contributed by atoms with van der Waals surface area (Å²) in [6.45, 7) is 1.07. The van der Waals surface area contributed by atoms with Crippen LogP contribution in [0.2, 0.25) is 0 Å². The van der Waals surface area contributed by atoms with Gasteiger partial charge in [0.15, 0.2) is 5.78 Å². The zero-order chi connectivity index (χ0) is 9.10. The van der Waals surface area contributed by atoms with Gasteiger partial charge in [0.1, 0.15) is 0 Å². The summed E-state index contributed by atoms with van der Waals surface area (Å²) in [4.78, 5) is 11.6. The molecule has 1 aliphatic heterocycles. The van der Waals surface area contributed by atoms with E-state index >= 15 is 0 Å². The highest BCUT2D eigenvalue weighted by Gasteiger charge is 2.18. The van der Waals surface area contributed by atoms with Crippen LogP contribution in [0, 0.1) is 0 Å². The molecule has 70 valence electrons. The van der Waals surface area contributed by atoms with Crippen molar-refractivity contribution in [2.24, 2.45) is 0 Å². The van der Waals surface area contributed by atoms with E-state index in [9.17, 15) is 4.79 Å². The molecule has 1 aromatic rings. The lowest BCUT2D eigenvalue weighted by Gasteiger charge is -2.07. The SMILES string of the molecule is O=C(CC1CCCN1)c1ccsc1. The van der Waals surface area contributed by atoms with Crippen molar-refractivity contribution in [1.82, 2.24) is 5.32 Å². The molecule has 1 unspecified atom stereocenters. The molecule has 1 saturated heterocycles. The van der Waals surface area contributed by atoms with E-state index in [0.717, 1.165) is 18.5 Å². The lowest BCUT2D eigenvalue weighted by molar-refractivity contribution is 0.0972. The van der Waals surface area contributed by atoms with Gasteiger partial charge in [-0.2, -0.15) is 11.3 Å². The van der Waals surface area contributed by atoms with Crippen molar-refractivity contribution in [3.8, 4) is 0 Å². The Bertz CT molecular complexity index is 275. The Morgan fingerprint density at radius 2 is 2.62 bits per heavy atom. The molecule has 3 heteroatoms. The first-order valence-electron chi connectivity index (χ1n) is 4.65. The van der Waals surface area contributed by atoms with Crippen LogP contribution in [-0.2, 0) is 0 Å². The third-order valence-corrected chi connectivity index (χ3v) is 3.12. The number of nitrogens with one attached hydrogen (secondary N) is 1. The lowest BCUT2D eigenvalue weighted by atomic mass is 10.1. The molecule has 0 spiro atoms. The minimum absolute atomic E-state index is 0.278. The standard InChI is InChI=1S/C10H13NOS/c12-10(8-3-5-13-7-8)6-9-2-1-4-11-9/h3,5,7,9,11H,1-2,4,6H2. The molecule has 0 saturated carbocycles. The van der Waals surface area contributed by atoms with Gasteiger partial charge in [-0.15, -0.1) is 0 Å². The summed E-state index contributed by atoms with van der Waals surface area (Å²) in [5, 5.41) is 7.21. The van der Waals surface area contributed by atoms with Crippen LogP contribution in [0.1, 0.15) is 29.6 Å². The zero-order valence-electron chi connectivity index (χ0n) is 7.45. The van der Waals surface area contributed by atoms with Crippen LogP contribution in [0.5, 0.6) is 0 Å². The second kappa shape index (κ2) is 4.03. The van der Waals surface area contributed by atoms with Gasteiger partial charge in [-0.1, -0.05) is 0 Å². The fourth-order valence-corrected chi connectivity index (χ4v) is 2.36. The Morgan fingerprint density at radius 1 is 1.69 bits per heavy atom. The van der Waals surface area contributed by atoms with Crippen LogP contribution in [0.25, 0.3) is 0 Å². The highest BCUT2D eigenvalue weighted by Crippen LogP contribution is 2.14. The number of hydrogen-bond acceptors (Lipinski definition) is 3. The van der Waals surface area contributed by atoms with Crippen molar-refractivity contribution in [3.05, 3.63) is 22.4 Å². The maximum Gasteiger partial charge on any atom is 0.165 e. The Hall–Kier alpha value is -0.670. The average Bonchev–Trinajstić information content (AvgIpc) is 2.74. The summed E-state index contributed by atoms with van der Waals surface area (Å²) < 4.78 is 0. The van der Waals surface area contributed by atoms with Crippen LogP contribution in [0.15, 0.2) is 16.8 Å². The first-order valence-corrected chi connectivity index (χ1v) is 5.59. The van der Waals surface area contributed by atoms with E-state index in [1.54, 1.807) is 11.3 Å². The molecule has 2 rings (SSSR count). The molecule has 0 bridgehead atoms. The molecule has 13 heavy (non-hydrogen) atoms. The van der Waals surface area contributed by atoms with E-state index < -0.39 is 0 Å².